The fourth-order valence-electron chi connectivity index (χ4n) is 3.26. The number of aliphatic carboxylic acids is 1. The van der Waals surface area contributed by atoms with Crippen LogP contribution >= 0.6 is 0 Å². The minimum atomic E-state index is -0.720. The zero-order valence-electron chi connectivity index (χ0n) is 12.8. The SMILES string of the molecule is CCC(c1ccc(F)cn1)N1CCC(C(=O)O)(C(C)C)C1. The molecule has 1 fully saturated rings. The first kappa shape index (κ1) is 15.9. The second-order valence-corrected chi connectivity index (χ2v) is 6.16. The lowest BCUT2D eigenvalue weighted by molar-refractivity contribution is -0.151. The van der Waals surface area contributed by atoms with Gasteiger partial charge in [0.2, 0.25) is 0 Å². The average Bonchev–Trinajstić information content (AvgIpc) is 2.88. The van der Waals surface area contributed by atoms with Gasteiger partial charge in [-0.15, -0.1) is 0 Å². The van der Waals surface area contributed by atoms with E-state index in [1.165, 1.54) is 12.3 Å². The molecule has 1 aliphatic heterocycles. The Morgan fingerprint density at radius 2 is 2.24 bits per heavy atom. The Labute approximate surface area is 125 Å². The van der Waals surface area contributed by atoms with Gasteiger partial charge in [0.05, 0.1) is 23.3 Å². The summed E-state index contributed by atoms with van der Waals surface area (Å²) < 4.78 is 13.0. The van der Waals surface area contributed by atoms with Crippen molar-refractivity contribution in [1.29, 1.82) is 0 Å². The van der Waals surface area contributed by atoms with Gasteiger partial charge in [-0.05, 0) is 30.9 Å². The first-order valence-corrected chi connectivity index (χ1v) is 7.49. The molecular weight excluding hydrogens is 271 g/mol. The van der Waals surface area contributed by atoms with E-state index in [1.807, 2.05) is 20.8 Å². The highest BCUT2D eigenvalue weighted by Crippen LogP contribution is 2.41. The van der Waals surface area contributed by atoms with Gasteiger partial charge in [-0.25, -0.2) is 4.39 Å². The van der Waals surface area contributed by atoms with Crippen molar-refractivity contribution in [3.8, 4) is 0 Å². The number of aromatic nitrogens is 1. The molecule has 5 heteroatoms. The van der Waals surface area contributed by atoms with Gasteiger partial charge in [0, 0.05) is 13.1 Å². The molecule has 1 saturated heterocycles. The van der Waals surface area contributed by atoms with Gasteiger partial charge in [-0.2, -0.15) is 0 Å². The minimum absolute atomic E-state index is 0.0468. The molecule has 21 heavy (non-hydrogen) atoms. The van der Waals surface area contributed by atoms with Crippen LogP contribution in [-0.4, -0.2) is 34.0 Å². The molecule has 0 amide bonds. The summed E-state index contributed by atoms with van der Waals surface area (Å²) in [5.74, 6) is -0.988. The molecule has 0 aliphatic carbocycles. The largest absolute Gasteiger partial charge is 0.481 e. The highest BCUT2D eigenvalue weighted by atomic mass is 19.1. The van der Waals surface area contributed by atoms with Crippen LogP contribution in [-0.2, 0) is 4.79 Å². The van der Waals surface area contributed by atoms with E-state index in [0.29, 0.717) is 13.0 Å². The first-order valence-electron chi connectivity index (χ1n) is 7.49. The van der Waals surface area contributed by atoms with Crippen molar-refractivity contribution in [1.82, 2.24) is 9.88 Å². The van der Waals surface area contributed by atoms with Crippen LogP contribution in [0.3, 0.4) is 0 Å². The van der Waals surface area contributed by atoms with Crippen LogP contribution in [0.4, 0.5) is 4.39 Å². The van der Waals surface area contributed by atoms with Crippen molar-refractivity contribution >= 4 is 5.97 Å². The Balaban J connectivity index is 2.22. The number of hydrogen-bond acceptors (Lipinski definition) is 3. The number of pyridine rings is 1. The summed E-state index contributed by atoms with van der Waals surface area (Å²) in [6.07, 6.45) is 2.70. The Morgan fingerprint density at radius 1 is 1.52 bits per heavy atom. The number of carboxylic acid groups (broad SMARTS) is 1. The lowest BCUT2D eigenvalue weighted by Crippen LogP contribution is -2.40. The first-order chi connectivity index (χ1) is 9.90. The normalized spacial score (nSPS) is 24.4. The molecule has 1 aliphatic rings. The van der Waals surface area contributed by atoms with Crippen molar-refractivity contribution in [2.24, 2.45) is 11.3 Å². The fraction of sp³-hybridized carbons (Fsp3) is 0.625. The van der Waals surface area contributed by atoms with E-state index in [9.17, 15) is 14.3 Å². The summed E-state index contributed by atoms with van der Waals surface area (Å²) in [6, 6.07) is 3.15. The van der Waals surface area contributed by atoms with Crippen molar-refractivity contribution in [3.05, 3.63) is 29.8 Å². The van der Waals surface area contributed by atoms with Crippen molar-refractivity contribution < 1.29 is 14.3 Å². The van der Waals surface area contributed by atoms with E-state index in [1.54, 1.807) is 6.07 Å². The maximum Gasteiger partial charge on any atom is 0.311 e. The average molecular weight is 294 g/mol. The summed E-state index contributed by atoms with van der Waals surface area (Å²) >= 11 is 0. The molecule has 2 rings (SSSR count). The molecule has 0 spiro atoms. The number of nitrogens with zero attached hydrogens (tertiary/aromatic N) is 2. The van der Waals surface area contributed by atoms with Crippen LogP contribution in [0, 0.1) is 17.2 Å². The second kappa shape index (κ2) is 6.10. The maximum atomic E-state index is 13.0. The van der Waals surface area contributed by atoms with Crippen LogP contribution in [0.15, 0.2) is 18.3 Å². The van der Waals surface area contributed by atoms with E-state index in [-0.39, 0.29) is 17.8 Å². The van der Waals surface area contributed by atoms with Gasteiger partial charge >= 0.3 is 5.97 Å². The summed E-state index contributed by atoms with van der Waals surface area (Å²) in [5.41, 5.74) is 0.122. The van der Waals surface area contributed by atoms with E-state index in [2.05, 4.69) is 9.88 Å². The zero-order chi connectivity index (χ0) is 15.6. The van der Waals surface area contributed by atoms with Crippen molar-refractivity contribution in [2.45, 2.75) is 39.7 Å². The highest BCUT2D eigenvalue weighted by molar-refractivity contribution is 5.75. The van der Waals surface area contributed by atoms with Gasteiger partial charge < -0.3 is 5.11 Å². The number of likely N-dealkylation sites (tertiary alicyclic amines) is 1. The molecule has 1 N–H and O–H groups in total. The molecule has 2 heterocycles. The van der Waals surface area contributed by atoms with Crippen LogP contribution in [0.1, 0.15) is 45.3 Å². The van der Waals surface area contributed by atoms with Gasteiger partial charge in [0.15, 0.2) is 0 Å². The molecule has 1 aromatic rings. The lowest BCUT2D eigenvalue weighted by Gasteiger charge is -2.31. The Hall–Kier alpha value is -1.49. The number of hydrogen-bond donors (Lipinski definition) is 1. The van der Waals surface area contributed by atoms with Crippen molar-refractivity contribution in [3.63, 3.8) is 0 Å². The molecule has 0 radical (unpaired) electrons. The highest BCUT2D eigenvalue weighted by Gasteiger charge is 2.48. The Morgan fingerprint density at radius 3 is 2.67 bits per heavy atom. The molecule has 2 atom stereocenters. The third-order valence-corrected chi connectivity index (χ3v) is 4.78. The lowest BCUT2D eigenvalue weighted by atomic mass is 9.76. The minimum Gasteiger partial charge on any atom is -0.481 e. The Kier molecular flexibility index (Phi) is 4.61. The molecule has 0 aromatic carbocycles. The molecular formula is C16H23FN2O2. The third kappa shape index (κ3) is 2.93. The monoisotopic (exact) mass is 294 g/mol. The third-order valence-electron chi connectivity index (χ3n) is 4.78. The maximum absolute atomic E-state index is 13.0. The number of halogens is 1. The van der Waals surface area contributed by atoms with Gasteiger partial charge in [-0.3, -0.25) is 14.7 Å². The topological polar surface area (TPSA) is 53.4 Å². The number of carboxylic acids is 1. The molecule has 0 bridgehead atoms. The smallest absolute Gasteiger partial charge is 0.311 e. The quantitative estimate of drug-likeness (QED) is 0.906. The van der Waals surface area contributed by atoms with E-state index >= 15 is 0 Å². The van der Waals surface area contributed by atoms with Gasteiger partial charge in [0.25, 0.3) is 0 Å². The number of carbonyl (C=O) groups is 1. The van der Waals surface area contributed by atoms with E-state index in [4.69, 9.17) is 0 Å². The van der Waals surface area contributed by atoms with Crippen LogP contribution < -0.4 is 0 Å². The zero-order valence-corrected chi connectivity index (χ0v) is 12.8. The summed E-state index contributed by atoms with van der Waals surface area (Å²) in [6.45, 7) is 7.24. The van der Waals surface area contributed by atoms with Crippen molar-refractivity contribution in [2.75, 3.05) is 13.1 Å². The van der Waals surface area contributed by atoms with Gasteiger partial charge in [0.1, 0.15) is 5.82 Å². The van der Waals surface area contributed by atoms with Gasteiger partial charge in [-0.1, -0.05) is 20.8 Å². The fourth-order valence-corrected chi connectivity index (χ4v) is 3.26. The Bertz CT molecular complexity index is 504. The second-order valence-electron chi connectivity index (χ2n) is 6.16. The van der Waals surface area contributed by atoms with E-state index in [0.717, 1.165) is 18.7 Å². The molecule has 2 unspecified atom stereocenters. The standard InChI is InChI=1S/C16H23FN2O2/c1-4-14(13-6-5-12(17)9-18-13)19-8-7-16(10-19,11(2)3)15(20)21/h5-6,9,11,14H,4,7-8,10H2,1-3H3,(H,20,21). The van der Waals surface area contributed by atoms with Crippen LogP contribution in [0.5, 0.6) is 0 Å². The predicted molar refractivity (Wildman–Crippen MR) is 78.3 cm³/mol. The van der Waals surface area contributed by atoms with Crippen LogP contribution in [0.25, 0.3) is 0 Å². The molecule has 4 nitrogen and oxygen atoms in total. The van der Waals surface area contributed by atoms with Crippen LogP contribution in [0.2, 0.25) is 0 Å². The summed E-state index contributed by atoms with van der Waals surface area (Å²) in [5, 5.41) is 9.62. The summed E-state index contributed by atoms with van der Waals surface area (Å²) in [7, 11) is 0. The predicted octanol–water partition coefficient (Wildman–Crippen LogP) is 3.10. The van der Waals surface area contributed by atoms with E-state index < -0.39 is 11.4 Å². The number of rotatable bonds is 5. The molecule has 0 saturated carbocycles. The molecule has 1 aromatic heterocycles. The summed E-state index contributed by atoms with van der Waals surface area (Å²) in [4.78, 5) is 18.1. The molecule has 116 valence electrons.